The molecule has 152 valence electrons. The van der Waals surface area contributed by atoms with Crippen LogP contribution in [0.2, 0.25) is 0 Å². The SMILES string of the molecule is CCNC(=NCc1cccnc1OCCOC)NCCOc1ccc(C)cc1. The fourth-order valence-electron chi connectivity index (χ4n) is 2.37. The molecule has 0 spiro atoms. The van der Waals surface area contributed by atoms with Crippen LogP contribution in [0.25, 0.3) is 0 Å². The van der Waals surface area contributed by atoms with Gasteiger partial charge in [-0.25, -0.2) is 9.98 Å². The van der Waals surface area contributed by atoms with Gasteiger partial charge in [-0.15, -0.1) is 0 Å². The largest absolute Gasteiger partial charge is 0.492 e. The first kappa shape index (κ1) is 21.5. The van der Waals surface area contributed by atoms with Crippen LogP contribution >= 0.6 is 0 Å². The van der Waals surface area contributed by atoms with E-state index >= 15 is 0 Å². The molecule has 1 heterocycles. The molecule has 2 N–H and O–H groups in total. The van der Waals surface area contributed by atoms with E-state index in [2.05, 4.69) is 27.5 Å². The quantitative estimate of drug-likeness (QED) is 0.351. The Morgan fingerprint density at radius 3 is 2.61 bits per heavy atom. The van der Waals surface area contributed by atoms with E-state index in [9.17, 15) is 0 Å². The van der Waals surface area contributed by atoms with Crippen LogP contribution in [-0.4, -0.2) is 51.0 Å². The number of rotatable bonds is 11. The Morgan fingerprint density at radius 2 is 1.86 bits per heavy atom. The zero-order valence-corrected chi connectivity index (χ0v) is 16.9. The number of benzene rings is 1. The van der Waals surface area contributed by atoms with Gasteiger partial charge in [0.05, 0.1) is 19.7 Å². The Hall–Kier alpha value is -2.80. The van der Waals surface area contributed by atoms with Crippen molar-refractivity contribution >= 4 is 5.96 Å². The van der Waals surface area contributed by atoms with E-state index in [1.165, 1.54) is 5.56 Å². The van der Waals surface area contributed by atoms with Crippen LogP contribution in [-0.2, 0) is 11.3 Å². The second-order valence-electron chi connectivity index (χ2n) is 6.09. The zero-order chi connectivity index (χ0) is 20.0. The molecule has 2 aromatic rings. The zero-order valence-electron chi connectivity index (χ0n) is 16.9. The molecule has 2 rings (SSSR count). The molecule has 0 radical (unpaired) electrons. The van der Waals surface area contributed by atoms with Gasteiger partial charge in [-0.1, -0.05) is 23.8 Å². The lowest BCUT2D eigenvalue weighted by atomic mass is 10.2. The summed E-state index contributed by atoms with van der Waals surface area (Å²) in [5.41, 5.74) is 2.14. The molecule has 1 aromatic carbocycles. The molecule has 28 heavy (non-hydrogen) atoms. The van der Waals surface area contributed by atoms with Gasteiger partial charge in [0.2, 0.25) is 5.88 Å². The van der Waals surface area contributed by atoms with Gasteiger partial charge in [-0.05, 0) is 32.0 Å². The number of aryl methyl sites for hydroxylation is 1. The Balaban J connectivity index is 1.85. The van der Waals surface area contributed by atoms with Crippen LogP contribution in [0.3, 0.4) is 0 Å². The predicted octanol–water partition coefficient (Wildman–Crippen LogP) is 2.55. The van der Waals surface area contributed by atoms with E-state index in [0.29, 0.717) is 38.8 Å². The van der Waals surface area contributed by atoms with Crippen LogP contribution in [0.4, 0.5) is 0 Å². The van der Waals surface area contributed by atoms with Crippen molar-refractivity contribution in [2.24, 2.45) is 4.99 Å². The molecule has 0 fully saturated rings. The molecule has 0 aliphatic rings. The predicted molar refractivity (Wildman–Crippen MR) is 111 cm³/mol. The number of guanidine groups is 1. The first-order chi connectivity index (χ1) is 13.7. The third-order valence-corrected chi connectivity index (χ3v) is 3.81. The van der Waals surface area contributed by atoms with Crippen LogP contribution in [0.15, 0.2) is 47.6 Å². The Bertz CT molecular complexity index is 720. The molecule has 1 aromatic heterocycles. The minimum absolute atomic E-state index is 0.457. The molecular weight excluding hydrogens is 356 g/mol. The van der Waals surface area contributed by atoms with Crippen molar-refractivity contribution in [1.29, 1.82) is 0 Å². The average molecular weight is 386 g/mol. The molecule has 0 unspecified atom stereocenters. The molecular formula is C21H30N4O3. The van der Waals surface area contributed by atoms with Crippen LogP contribution in [0, 0.1) is 6.92 Å². The van der Waals surface area contributed by atoms with Crippen molar-refractivity contribution in [2.75, 3.05) is 40.0 Å². The third-order valence-electron chi connectivity index (χ3n) is 3.81. The molecule has 0 atom stereocenters. The molecule has 0 bridgehead atoms. The van der Waals surface area contributed by atoms with Crippen molar-refractivity contribution in [3.63, 3.8) is 0 Å². The van der Waals surface area contributed by atoms with Gasteiger partial charge in [-0.3, -0.25) is 0 Å². The highest BCUT2D eigenvalue weighted by Gasteiger charge is 2.05. The molecule has 0 aliphatic heterocycles. The van der Waals surface area contributed by atoms with E-state index in [1.807, 2.05) is 43.3 Å². The maximum atomic E-state index is 5.74. The summed E-state index contributed by atoms with van der Waals surface area (Å²) in [7, 11) is 1.64. The molecule has 0 aliphatic carbocycles. The summed E-state index contributed by atoms with van der Waals surface area (Å²) < 4.78 is 16.4. The normalized spacial score (nSPS) is 11.2. The number of aromatic nitrogens is 1. The van der Waals surface area contributed by atoms with Crippen molar-refractivity contribution < 1.29 is 14.2 Å². The van der Waals surface area contributed by atoms with E-state index in [4.69, 9.17) is 14.2 Å². The molecule has 0 amide bonds. The minimum atomic E-state index is 0.457. The minimum Gasteiger partial charge on any atom is -0.492 e. The first-order valence-corrected chi connectivity index (χ1v) is 9.50. The highest BCUT2D eigenvalue weighted by atomic mass is 16.5. The highest BCUT2D eigenvalue weighted by Crippen LogP contribution is 2.15. The fourth-order valence-corrected chi connectivity index (χ4v) is 2.37. The van der Waals surface area contributed by atoms with Gasteiger partial charge in [0, 0.05) is 25.4 Å². The van der Waals surface area contributed by atoms with E-state index in [-0.39, 0.29) is 0 Å². The third kappa shape index (κ3) is 7.84. The lowest BCUT2D eigenvalue weighted by molar-refractivity contribution is 0.143. The topological polar surface area (TPSA) is 77.0 Å². The fraction of sp³-hybridized carbons (Fsp3) is 0.429. The lowest BCUT2D eigenvalue weighted by Gasteiger charge is -2.13. The van der Waals surface area contributed by atoms with Crippen molar-refractivity contribution in [2.45, 2.75) is 20.4 Å². The first-order valence-electron chi connectivity index (χ1n) is 9.50. The van der Waals surface area contributed by atoms with Crippen molar-refractivity contribution in [3.05, 3.63) is 53.7 Å². The van der Waals surface area contributed by atoms with Crippen molar-refractivity contribution in [1.82, 2.24) is 15.6 Å². The van der Waals surface area contributed by atoms with E-state index < -0.39 is 0 Å². The monoisotopic (exact) mass is 386 g/mol. The second-order valence-corrected chi connectivity index (χ2v) is 6.09. The van der Waals surface area contributed by atoms with Gasteiger partial charge < -0.3 is 24.8 Å². The van der Waals surface area contributed by atoms with Gasteiger partial charge in [0.1, 0.15) is 19.0 Å². The molecule has 0 saturated heterocycles. The van der Waals surface area contributed by atoms with E-state index in [1.54, 1.807) is 13.3 Å². The summed E-state index contributed by atoms with van der Waals surface area (Å²) in [5.74, 6) is 2.17. The number of nitrogens with zero attached hydrogens (tertiary/aromatic N) is 2. The van der Waals surface area contributed by atoms with Crippen LogP contribution in [0.5, 0.6) is 11.6 Å². The summed E-state index contributed by atoms with van der Waals surface area (Å²) >= 11 is 0. The summed E-state index contributed by atoms with van der Waals surface area (Å²) in [5, 5.41) is 6.51. The second kappa shape index (κ2) is 12.6. The summed E-state index contributed by atoms with van der Waals surface area (Å²) in [4.78, 5) is 8.90. The highest BCUT2D eigenvalue weighted by molar-refractivity contribution is 5.79. The Kier molecular flexibility index (Phi) is 9.65. The van der Waals surface area contributed by atoms with Gasteiger partial charge >= 0.3 is 0 Å². The van der Waals surface area contributed by atoms with Crippen molar-refractivity contribution in [3.8, 4) is 11.6 Å². The number of hydrogen-bond donors (Lipinski definition) is 2. The van der Waals surface area contributed by atoms with E-state index in [0.717, 1.165) is 23.8 Å². The summed E-state index contributed by atoms with van der Waals surface area (Å²) in [6.45, 7) is 7.49. The lowest BCUT2D eigenvalue weighted by Crippen LogP contribution is -2.39. The maximum Gasteiger partial charge on any atom is 0.218 e. The Labute approximate surface area is 167 Å². The summed E-state index contributed by atoms with van der Waals surface area (Å²) in [6.07, 6.45) is 1.71. The molecule has 0 saturated carbocycles. The number of hydrogen-bond acceptors (Lipinski definition) is 5. The Morgan fingerprint density at radius 1 is 1.04 bits per heavy atom. The molecule has 7 heteroatoms. The number of methoxy groups -OCH3 is 1. The number of nitrogens with one attached hydrogen (secondary N) is 2. The molecule has 7 nitrogen and oxygen atoms in total. The van der Waals surface area contributed by atoms with Crippen LogP contribution < -0.4 is 20.1 Å². The maximum absolute atomic E-state index is 5.74. The van der Waals surface area contributed by atoms with Crippen LogP contribution in [0.1, 0.15) is 18.1 Å². The number of aliphatic imine (C=N–C) groups is 1. The summed E-state index contributed by atoms with van der Waals surface area (Å²) in [6, 6.07) is 11.9. The van der Waals surface area contributed by atoms with Gasteiger partial charge in [-0.2, -0.15) is 0 Å². The number of pyridine rings is 1. The average Bonchev–Trinajstić information content (AvgIpc) is 2.71. The van der Waals surface area contributed by atoms with Gasteiger partial charge in [0.25, 0.3) is 0 Å². The van der Waals surface area contributed by atoms with Gasteiger partial charge in [0.15, 0.2) is 5.96 Å². The standard InChI is InChI=1S/C21H30N4O3/c1-4-22-21(24-12-13-27-19-9-7-17(2)8-10-19)25-16-18-6-5-11-23-20(18)28-15-14-26-3/h5-11H,4,12-16H2,1-3H3,(H2,22,24,25). The smallest absolute Gasteiger partial charge is 0.218 e. The number of ether oxygens (including phenoxy) is 3.